The summed E-state index contributed by atoms with van der Waals surface area (Å²) in [5.41, 5.74) is 1.10. The Labute approximate surface area is 146 Å². The first-order valence-electron chi connectivity index (χ1n) is 7.11. The average molecular weight is 389 g/mol. The standard InChI is InChI=1S/C16H13BrN4O3/c17-13-4-2-6-15(10-13)23-7-8-24-16(22)12-3-1-5-14(9-12)21-11-18-19-20-21/h1-6,9-11H,7-8H2. The average Bonchev–Trinajstić information content (AvgIpc) is 3.13. The molecule has 0 amide bonds. The third-order valence-electron chi connectivity index (χ3n) is 3.08. The summed E-state index contributed by atoms with van der Waals surface area (Å²) in [5, 5.41) is 10.9. The second-order valence-corrected chi connectivity index (χ2v) is 5.66. The molecule has 3 aromatic rings. The smallest absolute Gasteiger partial charge is 0.338 e. The second kappa shape index (κ2) is 7.69. The number of ether oxygens (including phenoxy) is 2. The second-order valence-electron chi connectivity index (χ2n) is 4.75. The molecule has 0 atom stereocenters. The van der Waals surface area contributed by atoms with E-state index in [1.165, 1.54) is 11.0 Å². The fraction of sp³-hybridized carbons (Fsp3) is 0.125. The minimum absolute atomic E-state index is 0.153. The molecule has 0 N–H and O–H groups in total. The van der Waals surface area contributed by atoms with Gasteiger partial charge in [0, 0.05) is 4.47 Å². The van der Waals surface area contributed by atoms with E-state index in [1.54, 1.807) is 24.3 Å². The minimum atomic E-state index is -0.428. The van der Waals surface area contributed by atoms with Crippen molar-refractivity contribution in [2.75, 3.05) is 13.2 Å². The van der Waals surface area contributed by atoms with Gasteiger partial charge in [-0.1, -0.05) is 28.1 Å². The van der Waals surface area contributed by atoms with Crippen molar-refractivity contribution < 1.29 is 14.3 Å². The molecule has 0 saturated carbocycles. The number of carbonyl (C=O) groups is 1. The van der Waals surface area contributed by atoms with E-state index in [2.05, 4.69) is 31.5 Å². The molecule has 0 radical (unpaired) electrons. The highest BCUT2D eigenvalue weighted by Crippen LogP contribution is 2.17. The lowest BCUT2D eigenvalue weighted by Crippen LogP contribution is -2.12. The van der Waals surface area contributed by atoms with Gasteiger partial charge in [0.05, 0.1) is 11.3 Å². The summed E-state index contributed by atoms with van der Waals surface area (Å²) in [7, 11) is 0. The van der Waals surface area contributed by atoms with Crippen LogP contribution in [0.1, 0.15) is 10.4 Å². The Kier molecular flexibility index (Phi) is 5.17. The van der Waals surface area contributed by atoms with Crippen molar-refractivity contribution in [3.05, 3.63) is 64.9 Å². The van der Waals surface area contributed by atoms with Gasteiger partial charge in [0.2, 0.25) is 0 Å². The molecule has 0 aliphatic heterocycles. The molecule has 0 bridgehead atoms. The van der Waals surface area contributed by atoms with Crippen molar-refractivity contribution in [2.24, 2.45) is 0 Å². The van der Waals surface area contributed by atoms with Crippen LogP contribution in [0.25, 0.3) is 5.69 Å². The zero-order chi connectivity index (χ0) is 16.8. The number of benzene rings is 2. The Morgan fingerprint density at radius 2 is 2.00 bits per heavy atom. The van der Waals surface area contributed by atoms with Gasteiger partial charge in [-0.15, -0.1) is 5.10 Å². The molecule has 24 heavy (non-hydrogen) atoms. The van der Waals surface area contributed by atoms with Crippen LogP contribution in [0.3, 0.4) is 0 Å². The molecule has 7 nitrogen and oxygen atoms in total. The van der Waals surface area contributed by atoms with E-state index in [0.29, 0.717) is 17.0 Å². The van der Waals surface area contributed by atoms with E-state index in [4.69, 9.17) is 9.47 Å². The number of rotatable bonds is 6. The van der Waals surface area contributed by atoms with Crippen molar-refractivity contribution in [1.82, 2.24) is 20.2 Å². The highest BCUT2D eigenvalue weighted by molar-refractivity contribution is 9.10. The lowest BCUT2D eigenvalue weighted by Gasteiger charge is -2.08. The van der Waals surface area contributed by atoms with Crippen molar-refractivity contribution in [3.8, 4) is 11.4 Å². The van der Waals surface area contributed by atoms with Gasteiger partial charge in [-0.25, -0.2) is 9.48 Å². The molecule has 1 heterocycles. The number of hydrogen-bond donors (Lipinski definition) is 0. The van der Waals surface area contributed by atoms with Gasteiger partial charge in [0.25, 0.3) is 0 Å². The van der Waals surface area contributed by atoms with E-state index < -0.39 is 5.97 Å². The fourth-order valence-electron chi connectivity index (χ4n) is 1.99. The molecule has 8 heteroatoms. The predicted molar refractivity (Wildman–Crippen MR) is 89.1 cm³/mol. The van der Waals surface area contributed by atoms with E-state index in [9.17, 15) is 4.79 Å². The van der Waals surface area contributed by atoms with Crippen LogP contribution >= 0.6 is 15.9 Å². The molecular formula is C16H13BrN4O3. The highest BCUT2D eigenvalue weighted by Gasteiger charge is 2.09. The molecule has 3 rings (SSSR count). The van der Waals surface area contributed by atoms with E-state index in [0.717, 1.165) is 4.47 Å². The van der Waals surface area contributed by atoms with Crippen LogP contribution in [0, 0.1) is 0 Å². The van der Waals surface area contributed by atoms with Crippen LogP contribution < -0.4 is 4.74 Å². The third-order valence-corrected chi connectivity index (χ3v) is 3.57. The molecule has 2 aromatic carbocycles. The first-order chi connectivity index (χ1) is 11.7. The van der Waals surface area contributed by atoms with Gasteiger partial charge in [-0.05, 0) is 46.8 Å². The van der Waals surface area contributed by atoms with E-state index >= 15 is 0 Å². The molecule has 0 aliphatic rings. The van der Waals surface area contributed by atoms with Crippen LogP contribution in [0.5, 0.6) is 5.75 Å². The Morgan fingerprint density at radius 3 is 2.79 bits per heavy atom. The number of halogens is 1. The van der Waals surface area contributed by atoms with E-state index in [1.807, 2.05) is 24.3 Å². The predicted octanol–water partition coefficient (Wildman–Crippen LogP) is 2.66. The van der Waals surface area contributed by atoms with Crippen molar-refractivity contribution in [2.45, 2.75) is 0 Å². The number of carbonyl (C=O) groups excluding carboxylic acids is 1. The zero-order valence-electron chi connectivity index (χ0n) is 12.5. The van der Waals surface area contributed by atoms with Crippen LogP contribution in [0.2, 0.25) is 0 Å². The normalized spacial score (nSPS) is 10.4. The maximum atomic E-state index is 12.1. The molecule has 0 saturated heterocycles. The number of tetrazole rings is 1. The summed E-state index contributed by atoms with van der Waals surface area (Å²) in [6.07, 6.45) is 1.45. The number of esters is 1. The summed E-state index contributed by atoms with van der Waals surface area (Å²) in [6.45, 7) is 0.426. The summed E-state index contributed by atoms with van der Waals surface area (Å²) < 4.78 is 13.1. The van der Waals surface area contributed by atoms with E-state index in [-0.39, 0.29) is 13.2 Å². The maximum Gasteiger partial charge on any atom is 0.338 e. The lowest BCUT2D eigenvalue weighted by atomic mass is 10.2. The minimum Gasteiger partial charge on any atom is -0.490 e. The molecule has 122 valence electrons. The van der Waals surface area contributed by atoms with Crippen molar-refractivity contribution >= 4 is 21.9 Å². The molecule has 0 aliphatic carbocycles. The Balaban J connectivity index is 1.53. The van der Waals surface area contributed by atoms with Crippen LogP contribution in [0.15, 0.2) is 59.3 Å². The maximum absolute atomic E-state index is 12.1. The van der Waals surface area contributed by atoms with Gasteiger partial charge in [0.1, 0.15) is 25.3 Å². The summed E-state index contributed by atoms with van der Waals surface area (Å²) in [4.78, 5) is 12.1. The molecule has 0 spiro atoms. The topological polar surface area (TPSA) is 79.1 Å². The molecular weight excluding hydrogens is 376 g/mol. The van der Waals surface area contributed by atoms with Gasteiger partial charge in [-0.2, -0.15) is 0 Å². The third kappa shape index (κ3) is 4.17. The number of nitrogens with zero attached hydrogens (tertiary/aromatic N) is 4. The highest BCUT2D eigenvalue weighted by atomic mass is 79.9. The molecule has 0 unspecified atom stereocenters. The van der Waals surface area contributed by atoms with Crippen LogP contribution in [0.4, 0.5) is 0 Å². The number of hydrogen-bond acceptors (Lipinski definition) is 6. The Morgan fingerprint density at radius 1 is 1.12 bits per heavy atom. The quantitative estimate of drug-likeness (QED) is 0.477. The first kappa shape index (κ1) is 16.1. The van der Waals surface area contributed by atoms with Gasteiger partial charge in [0.15, 0.2) is 0 Å². The van der Waals surface area contributed by atoms with Gasteiger partial charge < -0.3 is 9.47 Å². The largest absolute Gasteiger partial charge is 0.490 e. The van der Waals surface area contributed by atoms with Gasteiger partial charge in [-0.3, -0.25) is 0 Å². The van der Waals surface area contributed by atoms with Crippen molar-refractivity contribution in [3.63, 3.8) is 0 Å². The molecule has 1 aromatic heterocycles. The summed E-state index contributed by atoms with van der Waals surface area (Å²) in [5.74, 6) is 0.281. The fourth-order valence-corrected chi connectivity index (χ4v) is 2.37. The monoisotopic (exact) mass is 388 g/mol. The zero-order valence-corrected chi connectivity index (χ0v) is 14.1. The Bertz CT molecular complexity index is 824. The van der Waals surface area contributed by atoms with Crippen LogP contribution in [-0.4, -0.2) is 39.4 Å². The summed E-state index contributed by atoms with van der Waals surface area (Å²) >= 11 is 3.37. The Hall–Kier alpha value is -2.74. The van der Waals surface area contributed by atoms with Gasteiger partial charge >= 0.3 is 5.97 Å². The molecule has 0 fully saturated rings. The summed E-state index contributed by atoms with van der Waals surface area (Å²) in [6, 6.07) is 14.3. The lowest BCUT2D eigenvalue weighted by molar-refractivity contribution is 0.0450. The first-order valence-corrected chi connectivity index (χ1v) is 7.90. The van der Waals surface area contributed by atoms with Crippen LogP contribution in [-0.2, 0) is 4.74 Å². The number of aromatic nitrogens is 4. The SMILES string of the molecule is O=C(OCCOc1cccc(Br)c1)c1cccc(-n2cnnn2)c1. The van der Waals surface area contributed by atoms with Crippen molar-refractivity contribution in [1.29, 1.82) is 0 Å².